The Balaban J connectivity index is 1.55. The molecule has 3 rings (SSSR count). The summed E-state index contributed by atoms with van der Waals surface area (Å²) in [5, 5.41) is 3.39. The van der Waals surface area contributed by atoms with Crippen LogP contribution >= 0.6 is 0 Å². The molecule has 1 saturated carbocycles. The van der Waals surface area contributed by atoms with Gasteiger partial charge in [0.15, 0.2) is 0 Å². The predicted molar refractivity (Wildman–Crippen MR) is 66.9 cm³/mol. The van der Waals surface area contributed by atoms with Crippen LogP contribution in [0.25, 0.3) is 0 Å². The Labute approximate surface area is 101 Å². The molecule has 0 saturated heterocycles. The SMILES string of the molecule is c1cncc(CCNc2nccn2C2CC2)c1. The van der Waals surface area contributed by atoms with Crippen molar-refractivity contribution in [2.75, 3.05) is 11.9 Å². The predicted octanol–water partition coefficient (Wildman–Crippen LogP) is 2.27. The Morgan fingerprint density at radius 3 is 3.06 bits per heavy atom. The van der Waals surface area contributed by atoms with Crippen LogP contribution in [-0.4, -0.2) is 21.1 Å². The number of hydrogen-bond acceptors (Lipinski definition) is 3. The summed E-state index contributed by atoms with van der Waals surface area (Å²) in [6.45, 7) is 0.898. The molecule has 0 bridgehead atoms. The Morgan fingerprint density at radius 2 is 2.29 bits per heavy atom. The Morgan fingerprint density at radius 1 is 1.35 bits per heavy atom. The van der Waals surface area contributed by atoms with Crippen LogP contribution in [0.1, 0.15) is 24.4 Å². The van der Waals surface area contributed by atoms with Gasteiger partial charge in [-0.2, -0.15) is 0 Å². The fourth-order valence-electron chi connectivity index (χ4n) is 1.96. The molecule has 0 amide bonds. The minimum Gasteiger partial charge on any atom is -0.355 e. The second-order valence-electron chi connectivity index (χ2n) is 4.43. The van der Waals surface area contributed by atoms with Gasteiger partial charge >= 0.3 is 0 Å². The number of nitrogens with one attached hydrogen (secondary N) is 1. The maximum absolute atomic E-state index is 4.34. The molecule has 2 aromatic heterocycles. The maximum Gasteiger partial charge on any atom is 0.203 e. The van der Waals surface area contributed by atoms with Crippen LogP contribution in [0, 0.1) is 0 Å². The first-order chi connectivity index (χ1) is 8.43. The highest BCUT2D eigenvalue weighted by Crippen LogP contribution is 2.36. The van der Waals surface area contributed by atoms with Crippen molar-refractivity contribution in [2.45, 2.75) is 25.3 Å². The quantitative estimate of drug-likeness (QED) is 0.853. The second-order valence-corrected chi connectivity index (χ2v) is 4.43. The van der Waals surface area contributed by atoms with Gasteiger partial charge in [-0.3, -0.25) is 4.98 Å². The molecule has 88 valence electrons. The third-order valence-corrected chi connectivity index (χ3v) is 3.03. The van der Waals surface area contributed by atoms with Crippen molar-refractivity contribution in [3.63, 3.8) is 0 Å². The van der Waals surface area contributed by atoms with Crippen LogP contribution in [0.2, 0.25) is 0 Å². The van der Waals surface area contributed by atoms with Gasteiger partial charge in [0.05, 0.1) is 0 Å². The molecule has 1 aliphatic rings. The third kappa shape index (κ3) is 2.46. The number of anilines is 1. The average molecular weight is 228 g/mol. The zero-order chi connectivity index (χ0) is 11.5. The van der Waals surface area contributed by atoms with Gasteiger partial charge in [-0.1, -0.05) is 6.07 Å². The van der Waals surface area contributed by atoms with Gasteiger partial charge in [0.25, 0.3) is 0 Å². The van der Waals surface area contributed by atoms with Crippen LogP contribution in [0.15, 0.2) is 36.9 Å². The van der Waals surface area contributed by atoms with Crippen molar-refractivity contribution < 1.29 is 0 Å². The molecular weight excluding hydrogens is 212 g/mol. The molecule has 1 fully saturated rings. The Kier molecular flexibility index (Phi) is 2.78. The minimum absolute atomic E-state index is 0.679. The van der Waals surface area contributed by atoms with Crippen molar-refractivity contribution in [3.05, 3.63) is 42.5 Å². The monoisotopic (exact) mass is 228 g/mol. The van der Waals surface area contributed by atoms with E-state index in [1.165, 1.54) is 18.4 Å². The van der Waals surface area contributed by atoms with E-state index in [2.05, 4.69) is 32.1 Å². The minimum atomic E-state index is 0.679. The van der Waals surface area contributed by atoms with Crippen LogP contribution < -0.4 is 5.32 Å². The van der Waals surface area contributed by atoms with E-state index in [9.17, 15) is 0 Å². The van der Waals surface area contributed by atoms with E-state index in [1.807, 2.05) is 18.5 Å². The van der Waals surface area contributed by atoms with Gasteiger partial charge in [0, 0.05) is 37.4 Å². The molecule has 1 N–H and O–H groups in total. The van der Waals surface area contributed by atoms with Gasteiger partial charge in [0.1, 0.15) is 0 Å². The summed E-state index contributed by atoms with van der Waals surface area (Å²) in [7, 11) is 0. The normalized spacial score (nSPS) is 14.8. The van der Waals surface area contributed by atoms with Crippen molar-refractivity contribution in [1.82, 2.24) is 14.5 Å². The number of hydrogen-bond donors (Lipinski definition) is 1. The lowest BCUT2D eigenvalue weighted by atomic mass is 10.2. The topological polar surface area (TPSA) is 42.7 Å². The fourth-order valence-corrected chi connectivity index (χ4v) is 1.96. The van der Waals surface area contributed by atoms with Gasteiger partial charge in [-0.15, -0.1) is 0 Å². The van der Waals surface area contributed by atoms with Crippen LogP contribution in [0.4, 0.5) is 5.95 Å². The van der Waals surface area contributed by atoms with Gasteiger partial charge in [0.2, 0.25) is 5.95 Å². The first-order valence-corrected chi connectivity index (χ1v) is 6.09. The Bertz CT molecular complexity index is 473. The lowest BCUT2D eigenvalue weighted by Crippen LogP contribution is -2.10. The summed E-state index contributed by atoms with van der Waals surface area (Å²) in [6.07, 6.45) is 11.2. The standard InChI is InChI=1S/C13H16N4/c1-2-11(10-14-6-1)5-7-15-13-16-8-9-17(13)12-3-4-12/h1-2,6,8-10,12H,3-5,7H2,(H,15,16). The highest BCUT2D eigenvalue weighted by Gasteiger charge is 2.25. The van der Waals surface area contributed by atoms with Crippen LogP contribution in [0.5, 0.6) is 0 Å². The van der Waals surface area contributed by atoms with E-state index >= 15 is 0 Å². The Hall–Kier alpha value is -1.84. The first kappa shape index (κ1) is 10.3. The largest absolute Gasteiger partial charge is 0.355 e. The number of pyridine rings is 1. The average Bonchev–Trinajstić information content (AvgIpc) is 3.11. The van der Waals surface area contributed by atoms with Gasteiger partial charge in [-0.05, 0) is 30.9 Å². The summed E-state index contributed by atoms with van der Waals surface area (Å²) in [5.41, 5.74) is 1.25. The fraction of sp³-hybridized carbons (Fsp3) is 0.385. The molecule has 4 heteroatoms. The van der Waals surface area contributed by atoms with E-state index in [4.69, 9.17) is 0 Å². The van der Waals surface area contributed by atoms with E-state index < -0.39 is 0 Å². The first-order valence-electron chi connectivity index (χ1n) is 6.09. The number of rotatable bonds is 5. The van der Waals surface area contributed by atoms with Crippen molar-refractivity contribution in [3.8, 4) is 0 Å². The van der Waals surface area contributed by atoms with Gasteiger partial charge < -0.3 is 9.88 Å². The number of imidazole rings is 1. The zero-order valence-corrected chi connectivity index (χ0v) is 9.71. The highest BCUT2D eigenvalue weighted by atomic mass is 15.2. The van der Waals surface area contributed by atoms with E-state index in [0.717, 1.165) is 18.9 Å². The molecule has 0 unspecified atom stereocenters. The molecule has 1 aliphatic carbocycles. The summed E-state index contributed by atoms with van der Waals surface area (Å²) < 4.78 is 2.24. The molecule has 0 aromatic carbocycles. The van der Waals surface area contributed by atoms with Crippen LogP contribution in [0.3, 0.4) is 0 Å². The van der Waals surface area contributed by atoms with E-state index in [1.54, 1.807) is 6.20 Å². The lowest BCUT2D eigenvalue weighted by Gasteiger charge is -2.08. The molecule has 2 heterocycles. The number of aromatic nitrogens is 3. The van der Waals surface area contributed by atoms with E-state index in [-0.39, 0.29) is 0 Å². The van der Waals surface area contributed by atoms with Crippen molar-refractivity contribution >= 4 is 5.95 Å². The molecule has 17 heavy (non-hydrogen) atoms. The molecule has 4 nitrogen and oxygen atoms in total. The molecule has 0 spiro atoms. The summed E-state index contributed by atoms with van der Waals surface area (Å²) in [6, 6.07) is 4.75. The molecule has 0 aliphatic heterocycles. The lowest BCUT2D eigenvalue weighted by molar-refractivity contribution is 0.742. The van der Waals surface area contributed by atoms with E-state index in [0.29, 0.717) is 6.04 Å². The van der Waals surface area contributed by atoms with Crippen LogP contribution in [-0.2, 0) is 6.42 Å². The zero-order valence-electron chi connectivity index (χ0n) is 9.71. The number of nitrogens with zero attached hydrogens (tertiary/aromatic N) is 3. The molecule has 0 atom stereocenters. The summed E-state index contributed by atoms with van der Waals surface area (Å²) >= 11 is 0. The molecule has 2 aromatic rings. The van der Waals surface area contributed by atoms with Crippen molar-refractivity contribution in [1.29, 1.82) is 0 Å². The highest BCUT2D eigenvalue weighted by molar-refractivity contribution is 5.28. The third-order valence-electron chi connectivity index (χ3n) is 3.03. The maximum atomic E-state index is 4.34. The summed E-state index contributed by atoms with van der Waals surface area (Å²) in [5.74, 6) is 0.997. The molecular formula is C13H16N4. The van der Waals surface area contributed by atoms with Crippen molar-refractivity contribution in [2.24, 2.45) is 0 Å². The smallest absolute Gasteiger partial charge is 0.203 e. The summed E-state index contributed by atoms with van der Waals surface area (Å²) in [4.78, 5) is 8.45. The van der Waals surface area contributed by atoms with Gasteiger partial charge in [-0.25, -0.2) is 4.98 Å². The second kappa shape index (κ2) is 4.57. The molecule has 0 radical (unpaired) electrons.